The van der Waals surface area contributed by atoms with Gasteiger partial charge in [0, 0.05) is 6.54 Å². The molecule has 0 saturated carbocycles. The predicted octanol–water partition coefficient (Wildman–Crippen LogP) is 1.64. The molecule has 3 heteroatoms. The van der Waals surface area contributed by atoms with Crippen molar-refractivity contribution in [3.8, 4) is 0 Å². The quantitative estimate of drug-likeness (QED) is 0.692. The summed E-state index contributed by atoms with van der Waals surface area (Å²) in [5.74, 6) is 0.951. The lowest BCUT2D eigenvalue weighted by atomic mass is 10.1. The van der Waals surface area contributed by atoms with Crippen LogP contribution in [0.1, 0.15) is 17.0 Å². The van der Waals surface area contributed by atoms with Crippen LogP contribution in [0.15, 0.2) is 12.1 Å². The molecule has 3 N–H and O–H groups in total. The minimum Gasteiger partial charge on any atom is -0.342 e. The smallest absolute Gasteiger partial charge is 0.104 e. The molecule has 2 rings (SSSR count). The molecule has 0 aliphatic heterocycles. The fraction of sp³-hybridized carbons (Fsp3) is 0.300. The first-order chi connectivity index (χ1) is 6.20. The number of imidazole rings is 1. The lowest BCUT2D eigenvalue weighted by Gasteiger charge is -1.99. The number of benzene rings is 1. The zero-order valence-electron chi connectivity index (χ0n) is 7.89. The molecule has 0 spiro atoms. The van der Waals surface area contributed by atoms with Gasteiger partial charge in [0.1, 0.15) is 5.82 Å². The number of hydrogen-bond donors (Lipinski definition) is 2. The third-order valence-corrected chi connectivity index (χ3v) is 2.19. The first-order valence-corrected chi connectivity index (χ1v) is 4.36. The summed E-state index contributed by atoms with van der Waals surface area (Å²) < 4.78 is 0. The monoisotopic (exact) mass is 175 g/mol. The number of hydrogen-bond acceptors (Lipinski definition) is 2. The molecular weight excluding hydrogens is 162 g/mol. The molecule has 0 amide bonds. The van der Waals surface area contributed by atoms with Gasteiger partial charge >= 0.3 is 0 Å². The molecule has 2 aromatic rings. The van der Waals surface area contributed by atoms with Gasteiger partial charge in [-0.3, -0.25) is 0 Å². The van der Waals surface area contributed by atoms with E-state index in [4.69, 9.17) is 5.73 Å². The Hall–Kier alpha value is -1.35. The van der Waals surface area contributed by atoms with Gasteiger partial charge in [-0.25, -0.2) is 4.98 Å². The molecule has 68 valence electrons. The van der Waals surface area contributed by atoms with Crippen molar-refractivity contribution in [2.75, 3.05) is 0 Å². The number of H-pyrrole nitrogens is 1. The average Bonchev–Trinajstić information content (AvgIpc) is 2.46. The van der Waals surface area contributed by atoms with Gasteiger partial charge in [-0.2, -0.15) is 0 Å². The molecule has 0 radical (unpaired) electrons. The van der Waals surface area contributed by atoms with Crippen LogP contribution in [0.5, 0.6) is 0 Å². The summed E-state index contributed by atoms with van der Waals surface area (Å²) in [6.07, 6.45) is 0. The molecule has 0 unspecified atom stereocenters. The van der Waals surface area contributed by atoms with Crippen molar-refractivity contribution < 1.29 is 0 Å². The van der Waals surface area contributed by atoms with Crippen LogP contribution in [0, 0.1) is 13.8 Å². The molecule has 0 saturated heterocycles. The topological polar surface area (TPSA) is 54.7 Å². The van der Waals surface area contributed by atoms with Crippen LogP contribution < -0.4 is 5.73 Å². The Balaban J connectivity index is 2.75. The van der Waals surface area contributed by atoms with Gasteiger partial charge < -0.3 is 10.7 Å². The van der Waals surface area contributed by atoms with Crippen molar-refractivity contribution in [3.05, 3.63) is 29.1 Å². The lowest BCUT2D eigenvalue weighted by molar-refractivity contribution is 1.07. The largest absolute Gasteiger partial charge is 0.342 e. The zero-order chi connectivity index (χ0) is 9.42. The van der Waals surface area contributed by atoms with E-state index in [2.05, 4.69) is 29.0 Å². The Labute approximate surface area is 77.0 Å². The van der Waals surface area contributed by atoms with E-state index in [1.807, 2.05) is 6.92 Å². The molecule has 1 heterocycles. The van der Waals surface area contributed by atoms with Crippen LogP contribution >= 0.6 is 0 Å². The second-order valence-electron chi connectivity index (χ2n) is 3.34. The SMILES string of the molecule is Cc1nc2c(C)cc(CN)cc2[nH]1. The molecule has 0 bridgehead atoms. The van der Waals surface area contributed by atoms with E-state index >= 15 is 0 Å². The van der Waals surface area contributed by atoms with Gasteiger partial charge in [0.2, 0.25) is 0 Å². The van der Waals surface area contributed by atoms with Gasteiger partial charge in [-0.15, -0.1) is 0 Å². The fourth-order valence-electron chi connectivity index (χ4n) is 1.61. The Morgan fingerprint density at radius 2 is 2.15 bits per heavy atom. The second kappa shape index (κ2) is 2.85. The van der Waals surface area contributed by atoms with Crippen molar-refractivity contribution in [3.63, 3.8) is 0 Å². The number of aryl methyl sites for hydroxylation is 2. The standard InChI is InChI=1S/C10H13N3/c1-6-3-8(5-11)4-9-10(6)13-7(2)12-9/h3-4H,5,11H2,1-2H3,(H,12,13). The van der Waals surface area contributed by atoms with Crippen molar-refractivity contribution in [1.29, 1.82) is 0 Å². The molecule has 0 fully saturated rings. The van der Waals surface area contributed by atoms with Crippen LogP contribution in [0.25, 0.3) is 11.0 Å². The highest BCUT2D eigenvalue weighted by Gasteiger charge is 2.03. The Morgan fingerprint density at radius 1 is 1.38 bits per heavy atom. The van der Waals surface area contributed by atoms with Gasteiger partial charge in [-0.05, 0) is 31.0 Å². The summed E-state index contributed by atoms with van der Waals surface area (Å²) in [6, 6.07) is 4.14. The summed E-state index contributed by atoms with van der Waals surface area (Å²) in [4.78, 5) is 7.60. The normalized spacial score (nSPS) is 11.0. The van der Waals surface area contributed by atoms with Crippen LogP contribution in [-0.4, -0.2) is 9.97 Å². The number of rotatable bonds is 1. The van der Waals surface area contributed by atoms with Gasteiger partial charge in [0.05, 0.1) is 11.0 Å². The van der Waals surface area contributed by atoms with E-state index in [0.717, 1.165) is 22.4 Å². The second-order valence-corrected chi connectivity index (χ2v) is 3.34. The third kappa shape index (κ3) is 1.31. The third-order valence-electron chi connectivity index (χ3n) is 2.19. The van der Waals surface area contributed by atoms with Crippen LogP contribution in [0.3, 0.4) is 0 Å². The first kappa shape index (κ1) is 8.26. The van der Waals surface area contributed by atoms with Gasteiger partial charge in [0.25, 0.3) is 0 Å². The van der Waals surface area contributed by atoms with E-state index in [-0.39, 0.29) is 0 Å². The van der Waals surface area contributed by atoms with Crippen molar-refractivity contribution in [2.24, 2.45) is 5.73 Å². The highest BCUT2D eigenvalue weighted by Crippen LogP contribution is 2.17. The van der Waals surface area contributed by atoms with Gasteiger partial charge in [0.15, 0.2) is 0 Å². The predicted molar refractivity (Wildman–Crippen MR) is 53.5 cm³/mol. The van der Waals surface area contributed by atoms with E-state index in [1.54, 1.807) is 0 Å². The number of aromatic amines is 1. The Bertz CT molecular complexity index is 443. The van der Waals surface area contributed by atoms with Crippen LogP contribution in [0.2, 0.25) is 0 Å². The Kier molecular flexibility index (Phi) is 1.81. The molecule has 0 atom stereocenters. The van der Waals surface area contributed by atoms with E-state index in [9.17, 15) is 0 Å². The summed E-state index contributed by atoms with van der Waals surface area (Å²) in [7, 11) is 0. The molecular formula is C10H13N3. The molecule has 3 nitrogen and oxygen atoms in total. The number of nitrogens with one attached hydrogen (secondary N) is 1. The number of nitrogens with two attached hydrogens (primary N) is 1. The number of nitrogens with zero attached hydrogens (tertiary/aromatic N) is 1. The van der Waals surface area contributed by atoms with Crippen molar-refractivity contribution in [2.45, 2.75) is 20.4 Å². The zero-order valence-corrected chi connectivity index (χ0v) is 7.89. The molecule has 0 aliphatic carbocycles. The highest BCUT2D eigenvalue weighted by atomic mass is 14.9. The average molecular weight is 175 g/mol. The fourth-order valence-corrected chi connectivity index (χ4v) is 1.61. The van der Waals surface area contributed by atoms with Crippen molar-refractivity contribution >= 4 is 11.0 Å². The van der Waals surface area contributed by atoms with Crippen molar-refractivity contribution in [1.82, 2.24) is 9.97 Å². The number of fused-ring (bicyclic) bond motifs is 1. The first-order valence-electron chi connectivity index (χ1n) is 4.36. The summed E-state index contributed by atoms with van der Waals surface area (Å²) in [6.45, 7) is 4.60. The maximum absolute atomic E-state index is 5.58. The Morgan fingerprint density at radius 3 is 2.85 bits per heavy atom. The van der Waals surface area contributed by atoms with Crippen LogP contribution in [-0.2, 0) is 6.54 Å². The molecule has 1 aromatic carbocycles. The summed E-state index contributed by atoms with van der Waals surface area (Å²) >= 11 is 0. The van der Waals surface area contributed by atoms with E-state index in [0.29, 0.717) is 6.54 Å². The summed E-state index contributed by atoms with van der Waals surface area (Å²) in [5.41, 5.74) is 10.0. The highest BCUT2D eigenvalue weighted by molar-refractivity contribution is 5.79. The minimum atomic E-state index is 0.578. The molecule has 13 heavy (non-hydrogen) atoms. The van der Waals surface area contributed by atoms with Crippen LogP contribution in [0.4, 0.5) is 0 Å². The van der Waals surface area contributed by atoms with Gasteiger partial charge in [-0.1, -0.05) is 6.07 Å². The minimum absolute atomic E-state index is 0.578. The number of aromatic nitrogens is 2. The maximum Gasteiger partial charge on any atom is 0.104 e. The maximum atomic E-state index is 5.58. The molecule has 0 aliphatic rings. The summed E-state index contributed by atoms with van der Waals surface area (Å²) in [5, 5.41) is 0. The lowest BCUT2D eigenvalue weighted by Crippen LogP contribution is -1.96. The van der Waals surface area contributed by atoms with E-state index < -0.39 is 0 Å². The molecule has 1 aromatic heterocycles. The van der Waals surface area contributed by atoms with E-state index in [1.165, 1.54) is 5.56 Å².